The molecule has 1 aromatic heterocycles. The highest BCUT2D eigenvalue weighted by molar-refractivity contribution is 5.26. The lowest BCUT2D eigenvalue weighted by Crippen LogP contribution is -2.17. The predicted molar refractivity (Wildman–Crippen MR) is 60.4 cm³/mol. The molecule has 1 aromatic rings. The monoisotopic (exact) mass is 195 g/mol. The summed E-state index contributed by atoms with van der Waals surface area (Å²) >= 11 is 0. The Labute approximate surface area is 86.5 Å². The van der Waals surface area contributed by atoms with Crippen molar-refractivity contribution < 1.29 is 0 Å². The summed E-state index contributed by atoms with van der Waals surface area (Å²) in [6.07, 6.45) is 8.92. The number of aromatic nitrogens is 2. The number of imidazole rings is 1. The molecule has 0 aromatic carbocycles. The maximum atomic E-state index is 4.24. The van der Waals surface area contributed by atoms with Crippen LogP contribution in [0.25, 0.3) is 0 Å². The van der Waals surface area contributed by atoms with Gasteiger partial charge in [0.15, 0.2) is 0 Å². The topological polar surface area (TPSA) is 29.9 Å². The first-order chi connectivity index (χ1) is 6.74. The molecule has 0 aliphatic heterocycles. The molecule has 0 radical (unpaired) electrons. The van der Waals surface area contributed by atoms with Crippen molar-refractivity contribution in [2.24, 2.45) is 7.05 Å². The first-order valence-electron chi connectivity index (χ1n) is 5.48. The van der Waals surface area contributed by atoms with Gasteiger partial charge in [-0.2, -0.15) is 0 Å². The summed E-state index contributed by atoms with van der Waals surface area (Å²) in [6, 6.07) is 0.516. The average Bonchev–Trinajstić information content (AvgIpc) is 2.52. The van der Waals surface area contributed by atoms with Gasteiger partial charge in [-0.05, 0) is 13.3 Å². The van der Waals surface area contributed by atoms with Crippen LogP contribution < -0.4 is 5.32 Å². The summed E-state index contributed by atoms with van der Waals surface area (Å²) in [5, 5.41) is 3.40. The first kappa shape index (κ1) is 11.1. The van der Waals surface area contributed by atoms with Crippen LogP contribution in [0.5, 0.6) is 0 Å². The van der Waals surface area contributed by atoms with Crippen molar-refractivity contribution >= 4 is 5.95 Å². The predicted octanol–water partition coefficient (Wildman–Crippen LogP) is 2.80. The van der Waals surface area contributed by atoms with Crippen LogP contribution in [-0.4, -0.2) is 15.6 Å². The van der Waals surface area contributed by atoms with E-state index >= 15 is 0 Å². The van der Waals surface area contributed by atoms with E-state index in [4.69, 9.17) is 0 Å². The quantitative estimate of drug-likeness (QED) is 0.707. The van der Waals surface area contributed by atoms with Crippen molar-refractivity contribution in [2.45, 2.75) is 45.6 Å². The molecule has 0 saturated heterocycles. The molecule has 1 heterocycles. The van der Waals surface area contributed by atoms with Crippen molar-refractivity contribution in [1.82, 2.24) is 9.55 Å². The summed E-state index contributed by atoms with van der Waals surface area (Å²) in [7, 11) is 2.01. The highest BCUT2D eigenvalue weighted by Gasteiger charge is 2.04. The van der Waals surface area contributed by atoms with Crippen LogP contribution >= 0.6 is 0 Å². The molecule has 1 N–H and O–H groups in total. The van der Waals surface area contributed by atoms with Crippen molar-refractivity contribution in [1.29, 1.82) is 0 Å². The zero-order valence-corrected chi connectivity index (χ0v) is 9.45. The second kappa shape index (κ2) is 5.68. The summed E-state index contributed by atoms with van der Waals surface area (Å²) < 4.78 is 2.01. The summed E-state index contributed by atoms with van der Waals surface area (Å²) in [6.45, 7) is 4.45. The van der Waals surface area contributed by atoms with Gasteiger partial charge < -0.3 is 9.88 Å². The third kappa shape index (κ3) is 3.40. The smallest absolute Gasteiger partial charge is 0.202 e. The molecule has 0 spiro atoms. The summed E-state index contributed by atoms with van der Waals surface area (Å²) in [4.78, 5) is 4.24. The fourth-order valence-corrected chi connectivity index (χ4v) is 1.50. The Kier molecular flexibility index (Phi) is 4.50. The highest BCUT2D eigenvalue weighted by atomic mass is 15.2. The lowest BCUT2D eigenvalue weighted by atomic mass is 10.1. The largest absolute Gasteiger partial charge is 0.353 e. The molecule has 0 bridgehead atoms. The average molecular weight is 195 g/mol. The minimum Gasteiger partial charge on any atom is -0.353 e. The Morgan fingerprint density at radius 3 is 2.86 bits per heavy atom. The normalized spacial score (nSPS) is 12.8. The van der Waals surface area contributed by atoms with Crippen LogP contribution in [0.3, 0.4) is 0 Å². The van der Waals surface area contributed by atoms with Crippen LogP contribution in [-0.2, 0) is 7.05 Å². The Morgan fingerprint density at radius 1 is 1.50 bits per heavy atom. The van der Waals surface area contributed by atoms with Crippen molar-refractivity contribution in [3.63, 3.8) is 0 Å². The molecule has 80 valence electrons. The van der Waals surface area contributed by atoms with Crippen LogP contribution in [0.2, 0.25) is 0 Å². The summed E-state index contributed by atoms with van der Waals surface area (Å²) in [5.41, 5.74) is 0. The second-order valence-corrected chi connectivity index (χ2v) is 3.90. The van der Waals surface area contributed by atoms with Gasteiger partial charge in [0.1, 0.15) is 0 Å². The van der Waals surface area contributed by atoms with Gasteiger partial charge >= 0.3 is 0 Å². The minimum absolute atomic E-state index is 0.516. The Morgan fingerprint density at radius 2 is 2.29 bits per heavy atom. The molecule has 0 aliphatic rings. The van der Waals surface area contributed by atoms with E-state index in [1.165, 1.54) is 25.7 Å². The molecule has 3 heteroatoms. The number of rotatable bonds is 6. The number of anilines is 1. The standard InChI is InChI=1S/C11H21N3/c1-4-5-6-7-10(2)13-11-12-8-9-14(11)3/h8-10H,4-7H2,1-3H3,(H,12,13). The van der Waals surface area contributed by atoms with E-state index < -0.39 is 0 Å². The maximum Gasteiger partial charge on any atom is 0.202 e. The molecule has 0 fully saturated rings. The lowest BCUT2D eigenvalue weighted by molar-refractivity contribution is 0.610. The fourth-order valence-electron chi connectivity index (χ4n) is 1.50. The Hall–Kier alpha value is -0.990. The van der Waals surface area contributed by atoms with Gasteiger partial charge in [-0.3, -0.25) is 0 Å². The molecule has 0 aliphatic carbocycles. The SMILES string of the molecule is CCCCCC(C)Nc1nccn1C. The number of aryl methyl sites for hydroxylation is 1. The zero-order valence-electron chi connectivity index (χ0n) is 9.45. The molecule has 0 amide bonds. The Balaban J connectivity index is 2.27. The van der Waals surface area contributed by atoms with Gasteiger partial charge in [-0.25, -0.2) is 4.98 Å². The third-order valence-electron chi connectivity index (χ3n) is 2.44. The molecular weight excluding hydrogens is 174 g/mol. The van der Waals surface area contributed by atoms with Gasteiger partial charge in [-0.1, -0.05) is 26.2 Å². The van der Waals surface area contributed by atoms with Crippen LogP contribution in [0.15, 0.2) is 12.4 Å². The molecule has 14 heavy (non-hydrogen) atoms. The molecular formula is C11H21N3. The van der Waals surface area contributed by atoms with E-state index in [0.717, 1.165) is 5.95 Å². The van der Waals surface area contributed by atoms with Crippen molar-refractivity contribution in [3.8, 4) is 0 Å². The molecule has 1 unspecified atom stereocenters. The van der Waals surface area contributed by atoms with Crippen LogP contribution in [0, 0.1) is 0 Å². The van der Waals surface area contributed by atoms with Crippen molar-refractivity contribution in [3.05, 3.63) is 12.4 Å². The van der Waals surface area contributed by atoms with E-state index in [2.05, 4.69) is 24.1 Å². The maximum absolute atomic E-state index is 4.24. The number of hydrogen-bond acceptors (Lipinski definition) is 2. The van der Waals surface area contributed by atoms with E-state index in [-0.39, 0.29) is 0 Å². The van der Waals surface area contributed by atoms with Gasteiger partial charge in [-0.15, -0.1) is 0 Å². The Bertz CT molecular complexity index is 255. The van der Waals surface area contributed by atoms with Gasteiger partial charge in [0.25, 0.3) is 0 Å². The molecule has 1 rings (SSSR count). The van der Waals surface area contributed by atoms with Gasteiger partial charge in [0, 0.05) is 25.5 Å². The number of nitrogens with one attached hydrogen (secondary N) is 1. The van der Waals surface area contributed by atoms with E-state index in [1.807, 2.05) is 24.0 Å². The van der Waals surface area contributed by atoms with Gasteiger partial charge in [0.2, 0.25) is 5.95 Å². The highest BCUT2D eigenvalue weighted by Crippen LogP contribution is 2.08. The number of nitrogens with zero attached hydrogens (tertiary/aromatic N) is 2. The molecule has 0 saturated carbocycles. The van der Waals surface area contributed by atoms with E-state index in [1.54, 1.807) is 0 Å². The third-order valence-corrected chi connectivity index (χ3v) is 2.44. The van der Waals surface area contributed by atoms with Crippen LogP contribution in [0.1, 0.15) is 39.5 Å². The minimum atomic E-state index is 0.516. The van der Waals surface area contributed by atoms with E-state index in [9.17, 15) is 0 Å². The molecule has 1 atom stereocenters. The molecule has 3 nitrogen and oxygen atoms in total. The number of hydrogen-bond donors (Lipinski definition) is 1. The van der Waals surface area contributed by atoms with Gasteiger partial charge in [0.05, 0.1) is 0 Å². The lowest BCUT2D eigenvalue weighted by Gasteiger charge is -2.13. The summed E-state index contributed by atoms with van der Waals surface area (Å²) in [5.74, 6) is 0.967. The van der Waals surface area contributed by atoms with E-state index in [0.29, 0.717) is 6.04 Å². The fraction of sp³-hybridized carbons (Fsp3) is 0.727. The number of unbranched alkanes of at least 4 members (excludes halogenated alkanes) is 2. The zero-order chi connectivity index (χ0) is 10.4. The second-order valence-electron chi connectivity index (χ2n) is 3.90. The van der Waals surface area contributed by atoms with Crippen LogP contribution in [0.4, 0.5) is 5.95 Å². The first-order valence-corrected chi connectivity index (χ1v) is 5.48. The van der Waals surface area contributed by atoms with Crippen molar-refractivity contribution in [2.75, 3.05) is 5.32 Å².